The topological polar surface area (TPSA) is 88.5 Å². The molecule has 2 heterocycles. The fourth-order valence-corrected chi connectivity index (χ4v) is 1.73. The second-order valence-electron chi connectivity index (χ2n) is 4.06. The van der Waals surface area contributed by atoms with Gasteiger partial charge in [0.2, 0.25) is 17.5 Å². The lowest BCUT2D eigenvalue weighted by Crippen LogP contribution is -2.32. The van der Waals surface area contributed by atoms with E-state index in [2.05, 4.69) is 10.3 Å². The van der Waals surface area contributed by atoms with E-state index in [1.54, 1.807) is 12.1 Å². The van der Waals surface area contributed by atoms with Crippen molar-refractivity contribution in [2.24, 2.45) is 0 Å². The molecule has 1 aromatic heterocycles. The molecule has 6 heteroatoms. The lowest BCUT2D eigenvalue weighted by Gasteiger charge is -2.23. The van der Waals surface area contributed by atoms with Crippen LogP contribution in [0.15, 0.2) is 36.2 Å². The van der Waals surface area contributed by atoms with Crippen molar-refractivity contribution in [1.82, 2.24) is 10.3 Å². The monoisotopic (exact) mass is 248 g/mol. The highest BCUT2D eigenvalue weighted by molar-refractivity contribution is 6.03. The van der Waals surface area contributed by atoms with Crippen molar-refractivity contribution < 1.29 is 19.4 Å². The van der Waals surface area contributed by atoms with Crippen LogP contribution in [-0.4, -0.2) is 21.8 Å². The number of Topliss-reactive ketones (excluding diaryl/α,β-unsaturated/α-hetero) is 1. The first-order chi connectivity index (χ1) is 8.45. The summed E-state index contributed by atoms with van der Waals surface area (Å²) in [5, 5.41) is 12.0. The third-order valence-corrected chi connectivity index (χ3v) is 2.69. The number of ether oxygens (including phenoxy) is 1. The van der Waals surface area contributed by atoms with Crippen LogP contribution in [0, 0.1) is 0 Å². The van der Waals surface area contributed by atoms with E-state index in [9.17, 15) is 14.7 Å². The molecule has 0 aromatic carbocycles. The van der Waals surface area contributed by atoms with Gasteiger partial charge in [-0.25, -0.2) is 0 Å². The Balaban J connectivity index is 2.36. The number of nitrogens with zero attached hydrogens (tertiary/aromatic N) is 1. The van der Waals surface area contributed by atoms with Gasteiger partial charge in [-0.2, -0.15) is 0 Å². The minimum Gasteiger partial charge on any atom is -0.501 e. The molecule has 0 spiro atoms. The van der Waals surface area contributed by atoms with Crippen molar-refractivity contribution in [3.8, 4) is 0 Å². The Morgan fingerprint density at radius 3 is 2.61 bits per heavy atom. The molecule has 0 saturated carbocycles. The van der Waals surface area contributed by atoms with Gasteiger partial charge in [-0.15, -0.1) is 0 Å². The average molecular weight is 248 g/mol. The minimum atomic E-state index is -1.34. The molecule has 18 heavy (non-hydrogen) atoms. The molecule has 1 aromatic rings. The number of aromatic nitrogens is 1. The summed E-state index contributed by atoms with van der Waals surface area (Å²) in [4.78, 5) is 26.8. The first-order valence-electron chi connectivity index (χ1n) is 5.30. The van der Waals surface area contributed by atoms with Crippen LogP contribution >= 0.6 is 0 Å². The second kappa shape index (κ2) is 4.14. The maximum Gasteiger partial charge on any atom is 0.250 e. The lowest BCUT2D eigenvalue weighted by atomic mass is 9.92. The summed E-state index contributed by atoms with van der Waals surface area (Å²) >= 11 is 0. The molecule has 94 valence electrons. The molecule has 1 unspecified atom stereocenters. The van der Waals surface area contributed by atoms with Gasteiger partial charge < -0.3 is 9.84 Å². The molecule has 0 fully saturated rings. The number of hydrogen-bond acceptors (Lipinski definition) is 5. The van der Waals surface area contributed by atoms with Crippen LogP contribution in [0.5, 0.6) is 0 Å². The largest absolute Gasteiger partial charge is 0.501 e. The molecular formula is C12H12N2O4. The molecule has 1 atom stereocenters. The number of nitrogens with one attached hydrogen (secondary N) is 1. The average Bonchev–Trinajstić information content (AvgIpc) is 2.56. The van der Waals surface area contributed by atoms with E-state index < -0.39 is 23.1 Å². The molecular weight excluding hydrogens is 236 g/mol. The van der Waals surface area contributed by atoms with E-state index in [1.165, 1.54) is 26.2 Å². The third-order valence-electron chi connectivity index (χ3n) is 2.69. The molecule has 0 bridgehead atoms. The predicted molar refractivity (Wildman–Crippen MR) is 61.2 cm³/mol. The van der Waals surface area contributed by atoms with Crippen LogP contribution in [0.3, 0.4) is 0 Å². The zero-order valence-corrected chi connectivity index (χ0v) is 9.93. The van der Waals surface area contributed by atoms with E-state index in [0.29, 0.717) is 5.56 Å². The maximum absolute atomic E-state index is 12.0. The first-order valence-corrected chi connectivity index (χ1v) is 5.30. The Kier molecular flexibility index (Phi) is 2.78. The standard InChI is InChI=1S/C12H12N2O4/c1-7(15)14-11-9(16)10(17)12(2,18-11)8-3-5-13-6-4-8/h3-6,16H,1-2H3,(H,14,15). The number of aliphatic hydroxyl groups is 1. The summed E-state index contributed by atoms with van der Waals surface area (Å²) in [6, 6.07) is 3.23. The highest BCUT2D eigenvalue weighted by Crippen LogP contribution is 2.36. The van der Waals surface area contributed by atoms with Gasteiger partial charge in [0.05, 0.1) is 0 Å². The van der Waals surface area contributed by atoms with Crippen molar-refractivity contribution in [3.05, 3.63) is 41.7 Å². The van der Waals surface area contributed by atoms with E-state index in [-0.39, 0.29) is 5.88 Å². The van der Waals surface area contributed by atoms with Crippen LogP contribution in [0.25, 0.3) is 0 Å². The van der Waals surface area contributed by atoms with Gasteiger partial charge in [0.25, 0.3) is 5.78 Å². The fourth-order valence-electron chi connectivity index (χ4n) is 1.73. The summed E-state index contributed by atoms with van der Waals surface area (Å²) in [7, 11) is 0. The smallest absolute Gasteiger partial charge is 0.250 e. The van der Waals surface area contributed by atoms with Crippen LogP contribution in [0.2, 0.25) is 0 Å². The molecule has 0 saturated heterocycles. The zero-order chi connectivity index (χ0) is 13.3. The molecule has 6 nitrogen and oxygen atoms in total. The van der Waals surface area contributed by atoms with Gasteiger partial charge in [-0.05, 0) is 19.1 Å². The number of carbonyl (C=O) groups excluding carboxylic acids is 2. The van der Waals surface area contributed by atoms with Gasteiger partial charge in [-0.3, -0.25) is 19.9 Å². The predicted octanol–water partition coefficient (Wildman–Crippen LogP) is 0.759. The van der Waals surface area contributed by atoms with Gasteiger partial charge in [0.15, 0.2) is 5.60 Å². The summed E-state index contributed by atoms with van der Waals surface area (Å²) in [5.41, 5.74) is -0.792. The van der Waals surface area contributed by atoms with Crippen LogP contribution in [-0.2, 0) is 19.9 Å². The van der Waals surface area contributed by atoms with Crippen LogP contribution < -0.4 is 5.32 Å². The van der Waals surface area contributed by atoms with Crippen LogP contribution in [0.1, 0.15) is 19.4 Å². The number of ketones is 1. The highest BCUT2D eigenvalue weighted by Gasteiger charge is 2.48. The number of hydrogen-bond donors (Lipinski definition) is 2. The number of rotatable bonds is 2. The van der Waals surface area contributed by atoms with Crippen molar-refractivity contribution in [2.75, 3.05) is 0 Å². The van der Waals surface area contributed by atoms with E-state index >= 15 is 0 Å². The minimum absolute atomic E-state index is 0.216. The number of amides is 1. The normalized spacial score (nSPS) is 22.9. The van der Waals surface area contributed by atoms with Gasteiger partial charge >= 0.3 is 0 Å². The number of aliphatic hydroxyl groups excluding tert-OH is 1. The molecule has 0 aliphatic carbocycles. The number of carbonyl (C=O) groups is 2. The van der Waals surface area contributed by atoms with Crippen molar-refractivity contribution in [1.29, 1.82) is 0 Å². The Morgan fingerprint density at radius 1 is 1.44 bits per heavy atom. The third kappa shape index (κ3) is 1.81. The Morgan fingerprint density at radius 2 is 2.06 bits per heavy atom. The lowest BCUT2D eigenvalue weighted by molar-refractivity contribution is -0.132. The van der Waals surface area contributed by atoms with E-state index in [1.807, 2.05) is 0 Å². The molecule has 2 N–H and O–H groups in total. The first kappa shape index (κ1) is 12.1. The summed E-state index contributed by atoms with van der Waals surface area (Å²) < 4.78 is 5.39. The number of pyridine rings is 1. The van der Waals surface area contributed by atoms with E-state index in [4.69, 9.17) is 4.74 Å². The highest BCUT2D eigenvalue weighted by atomic mass is 16.5. The Hall–Kier alpha value is -2.37. The summed E-state index contributed by atoms with van der Waals surface area (Å²) in [5.74, 6) is -1.82. The van der Waals surface area contributed by atoms with Gasteiger partial charge in [-0.1, -0.05) is 0 Å². The Labute approximate surface area is 103 Å². The van der Waals surface area contributed by atoms with E-state index in [0.717, 1.165) is 0 Å². The summed E-state index contributed by atoms with van der Waals surface area (Å²) in [6.45, 7) is 2.78. The van der Waals surface area contributed by atoms with Gasteiger partial charge in [0.1, 0.15) is 0 Å². The fraction of sp³-hybridized carbons (Fsp3) is 0.250. The SMILES string of the molecule is CC(=O)NC1=C(O)C(=O)C(C)(c2ccncc2)O1. The molecule has 1 amide bonds. The Bertz CT molecular complexity index is 538. The molecule has 2 rings (SSSR count). The second-order valence-corrected chi connectivity index (χ2v) is 4.06. The van der Waals surface area contributed by atoms with Crippen molar-refractivity contribution in [3.63, 3.8) is 0 Å². The quantitative estimate of drug-likeness (QED) is 0.806. The van der Waals surface area contributed by atoms with Crippen molar-refractivity contribution in [2.45, 2.75) is 19.4 Å². The van der Waals surface area contributed by atoms with Crippen molar-refractivity contribution >= 4 is 11.7 Å². The van der Waals surface area contributed by atoms with Gasteiger partial charge in [0, 0.05) is 24.9 Å². The molecule has 1 aliphatic heterocycles. The van der Waals surface area contributed by atoms with Crippen LogP contribution in [0.4, 0.5) is 0 Å². The molecule has 1 aliphatic rings. The summed E-state index contributed by atoms with van der Waals surface area (Å²) in [6.07, 6.45) is 3.04. The molecule has 0 radical (unpaired) electrons. The zero-order valence-electron chi connectivity index (χ0n) is 9.93. The maximum atomic E-state index is 12.0.